The minimum Gasteiger partial charge on any atom is -0.480 e. The number of carbonyl (C=O) groups is 1. The molecule has 0 aromatic heterocycles. The standard InChI is InChI=1S/C16H20N2O6S/c1-2-5-12-8-9-14(16(19)20)17(11-10-12)25(23,24)15-7-4-3-6-13(15)18(21)22/h3-4,6-8,14H,2,5,9-11H2,1H3,(H,19,20)/t14-/m0/s1. The average molecular weight is 368 g/mol. The van der Waals surface area contributed by atoms with E-state index in [1.54, 1.807) is 6.08 Å². The Bertz CT molecular complexity index is 803. The fourth-order valence-corrected chi connectivity index (χ4v) is 4.67. The van der Waals surface area contributed by atoms with Gasteiger partial charge < -0.3 is 5.11 Å². The van der Waals surface area contributed by atoms with Crippen molar-refractivity contribution in [3.05, 3.63) is 46.0 Å². The number of carboxylic acids is 1. The SMILES string of the molecule is CCCC1=CC[C@@H](C(=O)O)N(S(=O)(=O)c2ccccc2[N+](=O)[O-])CC1. The van der Waals surface area contributed by atoms with Gasteiger partial charge in [-0.3, -0.25) is 14.9 Å². The molecule has 2 rings (SSSR count). The quantitative estimate of drug-likeness (QED) is 0.468. The first-order chi connectivity index (χ1) is 11.8. The van der Waals surface area contributed by atoms with Gasteiger partial charge in [-0.25, -0.2) is 8.42 Å². The summed E-state index contributed by atoms with van der Waals surface area (Å²) in [5.74, 6) is -1.27. The van der Waals surface area contributed by atoms with E-state index in [9.17, 15) is 28.4 Å². The zero-order valence-electron chi connectivity index (χ0n) is 13.8. The van der Waals surface area contributed by atoms with Crippen molar-refractivity contribution in [3.63, 3.8) is 0 Å². The molecule has 1 atom stereocenters. The molecule has 0 unspecified atom stereocenters. The van der Waals surface area contributed by atoms with E-state index in [1.807, 2.05) is 6.92 Å². The molecule has 0 aliphatic carbocycles. The largest absolute Gasteiger partial charge is 0.480 e. The first kappa shape index (κ1) is 19.1. The van der Waals surface area contributed by atoms with Crippen molar-refractivity contribution in [2.24, 2.45) is 0 Å². The number of hydrogen-bond donors (Lipinski definition) is 1. The van der Waals surface area contributed by atoms with Crippen LogP contribution in [0.2, 0.25) is 0 Å². The van der Waals surface area contributed by atoms with Gasteiger partial charge in [0.05, 0.1) is 4.92 Å². The topological polar surface area (TPSA) is 118 Å². The van der Waals surface area contributed by atoms with Crippen LogP contribution in [-0.2, 0) is 14.8 Å². The van der Waals surface area contributed by atoms with Crippen molar-refractivity contribution in [3.8, 4) is 0 Å². The predicted molar refractivity (Wildman–Crippen MR) is 90.6 cm³/mol. The van der Waals surface area contributed by atoms with Gasteiger partial charge in [0.25, 0.3) is 15.7 Å². The first-order valence-corrected chi connectivity index (χ1v) is 9.39. The van der Waals surface area contributed by atoms with Gasteiger partial charge in [0, 0.05) is 12.6 Å². The number of nitro groups is 1. The molecule has 8 nitrogen and oxygen atoms in total. The van der Waals surface area contributed by atoms with Crippen LogP contribution in [0.15, 0.2) is 40.8 Å². The normalized spacial score (nSPS) is 19.1. The van der Waals surface area contributed by atoms with Gasteiger partial charge in [0.1, 0.15) is 6.04 Å². The summed E-state index contributed by atoms with van der Waals surface area (Å²) in [6, 6.07) is 3.71. The molecule has 25 heavy (non-hydrogen) atoms. The van der Waals surface area contributed by atoms with Crippen LogP contribution < -0.4 is 0 Å². The van der Waals surface area contributed by atoms with E-state index in [1.165, 1.54) is 12.1 Å². The number of nitrogens with zero attached hydrogens (tertiary/aromatic N) is 2. The van der Waals surface area contributed by atoms with E-state index in [0.29, 0.717) is 6.42 Å². The average Bonchev–Trinajstić information content (AvgIpc) is 2.78. The molecular formula is C16H20N2O6S. The number of hydrogen-bond acceptors (Lipinski definition) is 5. The highest BCUT2D eigenvalue weighted by Crippen LogP contribution is 2.30. The highest BCUT2D eigenvalue weighted by Gasteiger charge is 2.39. The lowest BCUT2D eigenvalue weighted by Crippen LogP contribution is -2.44. The minimum atomic E-state index is -4.32. The van der Waals surface area contributed by atoms with Crippen molar-refractivity contribution >= 4 is 21.7 Å². The van der Waals surface area contributed by atoms with Crippen LogP contribution in [0, 0.1) is 10.1 Å². The Labute approximate surface area is 146 Å². The second-order valence-corrected chi connectivity index (χ2v) is 7.65. The van der Waals surface area contributed by atoms with E-state index in [-0.39, 0.29) is 13.0 Å². The molecule has 0 saturated heterocycles. The Kier molecular flexibility index (Phi) is 5.91. The molecule has 9 heteroatoms. The van der Waals surface area contributed by atoms with Crippen molar-refractivity contribution in [1.29, 1.82) is 0 Å². The zero-order chi connectivity index (χ0) is 18.6. The molecule has 0 fully saturated rings. The molecule has 1 aromatic rings. The van der Waals surface area contributed by atoms with Gasteiger partial charge in [-0.05, 0) is 25.3 Å². The number of aliphatic carboxylic acids is 1. The van der Waals surface area contributed by atoms with Crippen molar-refractivity contribution in [2.75, 3.05) is 6.54 Å². The summed E-state index contributed by atoms with van der Waals surface area (Å²) in [4.78, 5) is 21.5. The maximum Gasteiger partial charge on any atom is 0.322 e. The van der Waals surface area contributed by atoms with Crippen LogP contribution in [-0.4, -0.2) is 41.3 Å². The third-order valence-corrected chi connectivity index (χ3v) is 6.09. The van der Waals surface area contributed by atoms with Crippen molar-refractivity contribution in [2.45, 2.75) is 43.5 Å². The van der Waals surface area contributed by atoms with Crippen molar-refractivity contribution in [1.82, 2.24) is 4.31 Å². The molecule has 0 amide bonds. The van der Waals surface area contributed by atoms with Crippen LogP contribution in [0.5, 0.6) is 0 Å². The smallest absolute Gasteiger partial charge is 0.322 e. The molecule has 0 spiro atoms. The Morgan fingerprint density at radius 3 is 2.68 bits per heavy atom. The Morgan fingerprint density at radius 2 is 2.08 bits per heavy atom. The Morgan fingerprint density at radius 1 is 1.40 bits per heavy atom. The maximum atomic E-state index is 13.0. The minimum absolute atomic E-state index is 0.0167. The van der Waals surface area contributed by atoms with Gasteiger partial charge in [-0.1, -0.05) is 37.1 Å². The molecule has 1 aliphatic rings. The van der Waals surface area contributed by atoms with E-state index >= 15 is 0 Å². The first-order valence-electron chi connectivity index (χ1n) is 7.95. The number of sulfonamides is 1. The highest BCUT2D eigenvalue weighted by atomic mass is 32.2. The molecule has 1 aromatic carbocycles. The third-order valence-electron chi connectivity index (χ3n) is 4.14. The Hall–Kier alpha value is -2.26. The summed E-state index contributed by atoms with van der Waals surface area (Å²) in [6.45, 7) is 1.97. The number of benzene rings is 1. The number of carboxylic acid groups (broad SMARTS) is 1. The molecule has 0 bridgehead atoms. The summed E-state index contributed by atoms with van der Waals surface area (Å²) in [5.41, 5.74) is 0.451. The predicted octanol–water partition coefficient (Wildman–Crippen LogP) is 2.56. The molecule has 1 aliphatic heterocycles. The molecule has 136 valence electrons. The van der Waals surface area contributed by atoms with Gasteiger partial charge in [-0.2, -0.15) is 4.31 Å². The highest BCUT2D eigenvalue weighted by molar-refractivity contribution is 7.89. The second kappa shape index (κ2) is 7.75. The summed E-state index contributed by atoms with van der Waals surface area (Å²) >= 11 is 0. The van der Waals surface area contributed by atoms with Crippen molar-refractivity contribution < 1.29 is 23.2 Å². The molecule has 0 radical (unpaired) electrons. The fraction of sp³-hybridized carbons (Fsp3) is 0.438. The van der Waals surface area contributed by atoms with Gasteiger partial charge >= 0.3 is 5.97 Å². The lowest BCUT2D eigenvalue weighted by molar-refractivity contribution is -0.387. The molecule has 1 N–H and O–H groups in total. The van der Waals surface area contributed by atoms with Crippen LogP contribution in [0.3, 0.4) is 0 Å². The van der Waals surface area contributed by atoms with E-state index < -0.39 is 37.5 Å². The lowest BCUT2D eigenvalue weighted by atomic mass is 10.1. The number of nitro benzene ring substituents is 1. The monoisotopic (exact) mass is 368 g/mol. The van der Waals surface area contributed by atoms with Crippen LogP contribution in [0.25, 0.3) is 0 Å². The van der Waals surface area contributed by atoms with Gasteiger partial charge in [0.15, 0.2) is 4.90 Å². The van der Waals surface area contributed by atoms with Crippen LogP contribution >= 0.6 is 0 Å². The number of rotatable bonds is 6. The van der Waals surface area contributed by atoms with E-state index in [2.05, 4.69) is 0 Å². The summed E-state index contributed by atoms with van der Waals surface area (Å²) < 4.78 is 26.8. The second-order valence-electron chi connectivity index (χ2n) is 5.79. The summed E-state index contributed by atoms with van der Waals surface area (Å²) in [5, 5.41) is 20.6. The summed E-state index contributed by atoms with van der Waals surface area (Å²) in [6.07, 6.45) is 3.88. The van der Waals surface area contributed by atoms with Crippen LogP contribution in [0.1, 0.15) is 32.6 Å². The molecular weight excluding hydrogens is 348 g/mol. The fourth-order valence-electron chi connectivity index (χ4n) is 2.92. The third kappa shape index (κ3) is 4.05. The van der Waals surface area contributed by atoms with E-state index in [4.69, 9.17) is 0 Å². The van der Waals surface area contributed by atoms with E-state index in [0.717, 1.165) is 34.9 Å². The Balaban J connectivity index is 2.47. The lowest BCUT2D eigenvalue weighted by Gasteiger charge is -2.25. The summed E-state index contributed by atoms with van der Waals surface area (Å²) in [7, 11) is -4.32. The molecule has 0 saturated carbocycles. The van der Waals surface area contributed by atoms with Gasteiger partial charge in [0.2, 0.25) is 0 Å². The maximum absolute atomic E-state index is 13.0. The zero-order valence-corrected chi connectivity index (χ0v) is 14.6. The molecule has 1 heterocycles. The van der Waals surface area contributed by atoms with Gasteiger partial charge in [-0.15, -0.1) is 0 Å². The number of para-hydroxylation sites is 1. The van der Waals surface area contributed by atoms with Crippen LogP contribution in [0.4, 0.5) is 5.69 Å².